The van der Waals surface area contributed by atoms with E-state index in [1.54, 1.807) is 60.7 Å². The van der Waals surface area contributed by atoms with Gasteiger partial charge in [-0.3, -0.25) is 19.6 Å². The number of nitrogens with zero attached hydrogens (tertiary/aromatic N) is 2. The van der Waals surface area contributed by atoms with Gasteiger partial charge in [0.05, 0.1) is 50.9 Å². The zero-order chi connectivity index (χ0) is 35.2. The van der Waals surface area contributed by atoms with Gasteiger partial charge in [-0.25, -0.2) is 0 Å². The monoisotopic (exact) mass is 682 g/mol. The van der Waals surface area contributed by atoms with Crippen LogP contribution in [0, 0.1) is 0 Å². The van der Waals surface area contributed by atoms with Crippen LogP contribution in [0.4, 0.5) is 0 Å². The molecule has 4 aromatic rings. The number of hydrogen-bond donors (Lipinski definition) is 2. The standard InChI is InChI=1S/C38H42N4O8/c1-3-19-45-23-25-49-33-9-5-31(6-10-33)47-21-17-41-37(43)29-13-15-39-35(27-29)36-28-30(14-16-40-36)38(44)42-18-22-48-32-7-11-34(12-8-32)50-26-24-46-20-4-2/h3-16,27-28H,1-2,17-26H2,(H,41,43)(H,42,44). The van der Waals surface area contributed by atoms with Crippen LogP contribution < -0.4 is 29.6 Å². The molecular weight excluding hydrogens is 640 g/mol. The number of pyridine rings is 2. The summed E-state index contributed by atoms with van der Waals surface area (Å²) in [5.74, 6) is 2.15. The first-order valence-electron chi connectivity index (χ1n) is 16.1. The van der Waals surface area contributed by atoms with Gasteiger partial charge in [0.1, 0.15) is 49.4 Å². The quantitative estimate of drug-likeness (QED) is 0.0819. The van der Waals surface area contributed by atoms with Crippen LogP contribution in [0.1, 0.15) is 20.7 Å². The summed E-state index contributed by atoms with van der Waals surface area (Å²) >= 11 is 0. The minimum absolute atomic E-state index is 0.275. The molecule has 12 nitrogen and oxygen atoms in total. The SMILES string of the molecule is C=CCOCCOc1ccc(OCCNC(=O)c2ccnc(-c3cc(C(=O)NCCOc4ccc(OCCOCC=C)cc4)ccn3)c2)cc1. The van der Waals surface area contributed by atoms with E-state index in [0.29, 0.717) is 98.2 Å². The van der Waals surface area contributed by atoms with E-state index >= 15 is 0 Å². The lowest BCUT2D eigenvalue weighted by atomic mass is 10.1. The molecule has 2 aromatic carbocycles. The third kappa shape index (κ3) is 13.1. The average molecular weight is 683 g/mol. The Kier molecular flexibility index (Phi) is 15.8. The highest BCUT2D eigenvalue weighted by Crippen LogP contribution is 2.19. The topological polar surface area (TPSA) is 139 Å². The Balaban J connectivity index is 1.17. The van der Waals surface area contributed by atoms with E-state index in [9.17, 15) is 9.59 Å². The molecule has 0 saturated heterocycles. The second-order valence-electron chi connectivity index (χ2n) is 10.4. The number of ether oxygens (including phenoxy) is 6. The van der Waals surface area contributed by atoms with E-state index in [1.165, 1.54) is 12.4 Å². The van der Waals surface area contributed by atoms with Crippen molar-refractivity contribution >= 4 is 11.8 Å². The molecule has 0 unspecified atom stereocenters. The van der Waals surface area contributed by atoms with Gasteiger partial charge < -0.3 is 39.1 Å². The molecule has 2 N–H and O–H groups in total. The predicted molar refractivity (Wildman–Crippen MR) is 189 cm³/mol. The van der Waals surface area contributed by atoms with Gasteiger partial charge in [-0.1, -0.05) is 12.2 Å². The first kappa shape index (κ1) is 37.1. The molecule has 2 heterocycles. The van der Waals surface area contributed by atoms with Gasteiger partial charge in [-0.2, -0.15) is 0 Å². The van der Waals surface area contributed by atoms with Crippen LogP contribution in [0.2, 0.25) is 0 Å². The molecule has 0 saturated carbocycles. The molecule has 2 aromatic heterocycles. The van der Waals surface area contributed by atoms with Gasteiger partial charge in [0.25, 0.3) is 11.8 Å². The molecule has 0 bridgehead atoms. The van der Waals surface area contributed by atoms with Crippen molar-refractivity contribution in [1.29, 1.82) is 0 Å². The van der Waals surface area contributed by atoms with E-state index in [-0.39, 0.29) is 25.0 Å². The Morgan fingerprint density at radius 2 is 0.900 bits per heavy atom. The number of benzene rings is 2. The molecule has 0 aliphatic rings. The van der Waals surface area contributed by atoms with Crippen LogP contribution in [0.3, 0.4) is 0 Å². The number of nitrogens with one attached hydrogen (secondary N) is 2. The van der Waals surface area contributed by atoms with Crippen molar-refractivity contribution in [3.63, 3.8) is 0 Å². The van der Waals surface area contributed by atoms with E-state index in [0.717, 1.165) is 0 Å². The molecule has 4 rings (SSSR count). The van der Waals surface area contributed by atoms with Crippen LogP contribution in [-0.2, 0) is 9.47 Å². The van der Waals surface area contributed by atoms with Gasteiger partial charge in [-0.15, -0.1) is 13.2 Å². The number of carbonyl (C=O) groups is 2. The van der Waals surface area contributed by atoms with Crippen molar-refractivity contribution < 1.29 is 38.0 Å². The largest absolute Gasteiger partial charge is 0.492 e. The summed E-state index contributed by atoms with van der Waals surface area (Å²) in [5.41, 5.74) is 1.72. The van der Waals surface area contributed by atoms with Crippen molar-refractivity contribution in [3.8, 4) is 34.4 Å². The van der Waals surface area contributed by atoms with Crippen LogP contribution >= 0.6 is 0 Å². The Morgan fingerprint density at radius 3 is 1.26 bits per heavy atom. The van der Waals surface area contributed by atoms with Crippen LogP contribution in [0.5, 0.6) is 23.0 Å². The van der Waals surface area contributed by atoms with Crippen molar-refractivity contribution in [2.24, 2.45) is 0 Å². The zero-order valence-corrected chi connectivity index (χ0v) is 27.9. The maximum Gasteiger partial charge on any atom is 0.251 e. The number of rotatable bonds is 23. The molecule has 0 radical (unpaired) electrons. The Bertz CT molecular complexity index is 1520. The highest BCUT2D eigenvalue weighted by atomic mass is 16.5. The minimum atomic E-state index is -0.287. The number of carbonyl (C=O) groups excluding carboxylic acids is 2. The maximum absolute atomic E-state index is 12.8. The van der Waals surface area contributed by atoms with Gasteiger partial charge in [0.2, 0.25) is 0 Å². The number of aromatic nitrogens is 2. The first-order chi connectivity index (χ1) is 24.6. The minimum Gasteiger partial charge on any atom is -0.492 e. The van der Waals surface area contributed by atoms with E-state index in [4.69, 9.17) is 28.4 Å². The molecule has 0 aliphatic heterocycles. The van der Waals surface area contributed by atoms with Gasteiger partial charge in [0, 0.05) is 23.5 Å². The summed E-state index contributed by atoms with van der Waals surface area (Å²) in [4.78, 5) is 34.4. The summed E-state index contributed by atoms with van der Waals surface area (Å²) in [5, 5.41) is 5.69. The molecule has 0 atom stereocenters. The van der Waals surface area contributed by atoms with E-state index in [2.05, 4.69) is 33.8 Å². The maximum atomic E-state index is 12.8. The van der Waals surface area contributed by atoms with Crippen LogP contribution in [0.25, 0.3) is 11.4 Å². The summed E-state index contributed by atoms with van der Waals surface area (Å²) < 4.78 is 33.3. The molecule has 2 amide bonds. The predicted octanol–water partition coefficient (Wildman–Crippen LogP) is 4.92. The fourth-order valence-electron chi connectivity index (χ4n) is 4.33. The molecular formula is C38H42N4O8. The molecule has 0 aliphatic carbocycles. The molecule has 0 fully saturated rings. The van der Waals surface area contributed by atoms with Crippen molar-refractivity contribution in [2.45, 2.75) is 0 Å². The molecule has 50 heavy (non-hydrogen) atoms. The van der Waals surface area contributed by atoms with Crippen LogP contribution in [-0.4, -0.2) is 87.7 Å². The van der Waals surface area contributed by atoms with Crippen molar-refractivity contribution in [3.05, 3.63) is 122 Å². The Hall–Kier alpha value is -5.72. The fraction of sp³-hybridized carbons (Fsp3) is 0.263. The highest BCUT2D eigenvalue weighted by Gasteiger charge is 2.12. The lowest BCUT2D eigenvalue weighted by Crippen LogP contribution is -2.28. The van der Waals surface area contributed by atoms with Gasteiger partial charge in [-0.05, 0) is 72.8 Å². The van der Waals surface area contributed by atoms with Crippen LogP contribution in [0.15, 0.2) is 111 Å². The number of amides is 2. The Labute approximate surface area is 292 Å². The highest BCUT2D eigenvalue weighted by molar-refractivity contribution is 5.96. The summed E-state index contributed by atoms with van der Waals surface area (Å²) in [7, 11) is 0. The molecule has 262 valence electrons. The van der Waals surface area contributed by atoms with Crippen molar-refractivity contribution in [1.82, 2.24) is 20.6 Å². The lowest BCUT2D eigenvalue weighted by Gasteiger charge is -2.10. The molecule has 0 spiro atoms. The van der Waals surface area contributed by atoms with Gasteiger partial charge >= 0.3 is 0 Å². The fourth-order valence-corrected chi connectivity index (χ4v) is 4.33. The number of hydrogen-bond acceptors (Lipinski definition) is 10. The Morgan fingerprint density at radius 1 is 0.540 bits per heavy atom. The second-order valence-corrected chi connectivity index (χ2v) is 10.4. The second kappa shape index (κ2) is 21.3. The smallest absolute Gasteiger partial charge is 0.251 e. The van der Waals surface area contributed by atoms with E-state index in [1.807, 2.05) is 24.3 Å². The summed E-state index contributed by atoms with van der Waals surface area (Å²) in [6.45, 7) is 11.1. The van der Waals surface area contributed by atoms with E-state index < -0.39 is 0 Å². The van der Waals surface area contributed by atoms with Gasteiger partial charge in [0.15, 0.2) is 0 Å². The lowest BCUT2D eigenvalue weighted by molar-refractivity contribution is 0.0939. The average Bonchev–Trinajstić information content (AvgIpc) is 3.16. The summed E-state index contributed by atoms with van der Waals surface area (Å²) in [6, 6.07) is 20.9. The third-order valence-corrected chi connectivity index (χ3v) is 6.73. The zero-order valence-electron chi connectivity index (χ0n) is 27.9. The molecule has 12 heteroatoms. The van der Waals surface area contributed by atoms with Crippen molar-refractivity contribution in [2.75, 3.05) is 65.9 Å². The normalized spacial score (nSPS) is 10.5. The summed E-state index contributed by atoms with van der Waals surface area (Å²) in [6.07, 6.45) is 6.43. The first-order valence-corrected chi connectivity index (χ1v) is 16.1. The third-order valence-electron chi connectivity index (χ3n) is 6.73.